The van der Waals surface area contributed by atoms with Crippen LogP contribution < -0.4 is 14.8 Å². The lowest BCUT2D eigenvalue weighted by Gasteiger charge is -2.24. The number of halogens is 1. The number of hydrogen-bond acceptors (Lipinski definition) is 4. The van der Waals surface area contributed by atoms with Crippen LogP contribution in [-0.2, 0) is 4.74 Å². The van der Waals surface area contributed by atoms with Crippen LogP contribution in [0.25, 0.3) is 0 Å². The van der Waals surface area contributed by atoms with Crippen LogP contribution in [0.2, 0.25) is 0 Å². The molecule has 1 N–H and O–H groups in total. The number of benzene rings is 1. The van der Waals surface area contributed by atoms with Crippen molar-refractivity contribution in [2.24, 2.45) is 5.92 Å². The van der Waals surface area contributed by atoms with Crippen molar-refractivity contribution in [3.05, 3.63) is 22.2 Å². The fourth-order valence-corrected chi connectivity index (χ4v) is 3.54. The molecule has 1 saturated heterocycles. The summed E-state index contributed by atoms with van der Waals surface area (Å²) in [5.41, 5.74) is 1.17. The summed E-state index contributed by atoms with van der Waals surface area (Å²) >= 11 is 3.59. The van der Waals surface area contributed by atoms with Gasteiger partial charge in [0.25, 0.3) is 0 Å². The molecule has 0 aromatic heterocycles. The Morgan fingerprint density at radius 3 is 2.95 bits per heavy atom. The number of hydrogen-bond donors (Lipinski definition) is 1. The minimum Gasteiger partial charge on any atom is -0.486 e. The van der Waals surface area contributed by atoms with Crippen LogP contribution >= 0.6 is 15.9 Å². The molecule has 1 aromatic carbocycles. The Morgan fingerprint density at radius 1 is 1.24 bits per heavy atom. The lowest BCUT2D eigenvalue weighted by Crippen LogP contribution is -2.25. The molecule has 3 rings (SSSR count). The molecule has 0 radical (unpaired) electrons. The van der Waals surface area contributed by atoms with E-state index in [0.29, 0.717) is 19.1 Å². The van der Waals surface area contributed by atoms with E-state index in [9.17, 15) is 0 Å². The van der Waals surface area contributed by atoms with Crippen LogP contribution in [0.1, 0.15) is 31.4 Å². The minimum absolute atomic E-state index is 0.140. The van der Waals surface area contributed by atoms with Crippen molar-refractivity contribution in [1.29, 1.82) is 0 Å². The number of nitrogens with one attached hydrogen (secondary N) is 1. The van der Waals surface area contributed by atoms with Crippen molar-refractivity contribution in [1.82, 2.24) is 5.32 Å². The van der Waals surface area contributed by atoms with Gasteiger partial charge in [-0.2, -0.15) is 0 Å². The lowest BCUT2D eigenvalue weighted by molar-refractivity contribution is 0.0896. The molecule has 0 saturated carbocycles. The van der Waals surface area contributed by atoms with Crippen LogP contribution in [0.4, 0.5) is 0 Å². The molecule has 0 bridgehead atoms. The Bertz CT molecular complexity index is 495. The van der Waals surface area contributed by atoms with E-state index in [-0.39, 0.29) is 6.10 Å². The van der Waals surface area contributed by atoms with Crippen LogP contribution in [-0.4, -0.2) is 32.9 Å². The predicted molar refractivity (Wildman–Crippen MR) is 85.1 cm³/mol. The summed E-state index contributed by atoms with van der Waals surface area (Å²) in [6.07, 6.45) is 2.41. The van der Waals surface area contributed by atoms with Gasteiger partial charge in [-0.05, 0) is 53.0 Å². The van der Waals surface area contributed by atoms with Gasteiger partial charge in [0, 0.05) is 19.1 Å². The van der Waals surface area contributed by atoms with Gasteiger partial charge in [0.1, 0.15) is 13.2 Å². The van der Waals surface area contributed by atoms with Crippen molar-refractivity contribution in [2.45, 2.75) is 25.9 Å². The number of ether oxygens (including phenoxy) is 3. The average molecular weight is 356 g/mol. The SMILES string of the molecule is CCCNCC1CCOC1c1cc(Br)c2c(c1)OCCO2. The first-order valence-corrected chi connectivity index (χ1v) is 8.50. The largest absolute Gasteiger partial charge is 0.486 e. The molecular weight excluding hydrogens is 334 g/mol. The third-order valence-corrected chi connectivity index (χ3v) is 4.58. The van der Waals surface area contributed by atoms with Crippen molar-refractivity contribution in [3.63, 3.8) is 0 Å². The summed E-state index contributed by atoms with van der Waals surface area (Å²) in [4.78, 5) is 0. The zero-order valence-corrected chi connectivity index (χ0v) is 13.9. The van der Waals surface area contributed by atoms with Crippen molar-refractivity contribution >= 4 is 15.9 Å². The Balaban J connectivity index is 1.77. The Hall–Kier alpha value is -0.780. The van der Waals surface area contributed by atoms with E-state index in [2.05, 4.69) is 40.3 Å². The monoisotopic (exact) mass is 355 g/mol. The predicted octanol–water partition coefficient (Wildman–Crippen LogP) is 3.30. The van der Waals surface area contributed by atoms with Gasteiger partial charge >= 0.3 is 0 Å². The van der Waals surface area contributed by atoms with Crippen LogP contribution in [0.3, 0.4) is 0 Å². The summed E-state index contributed by atoms with van der Waals surface area (Å²) in [6.45, 7) is 6.30. The van der Waals surface area contributed by atoms with E-state index in [0.717, 1.165) is 48.5 Å². The second-order valence-electron chi connectivity index (χ2n) is 5.57. The highest BCUT2D eigenvalue weighted by atomic mass is 79.9. The van der Waals surface area contributed by atoms with Gasteiger partial charge in [-0.1, -0.05) is 6.92 Å². The molecule has 21 heavy (non-hydrogen) atoms. The van der Waals surface area contributed by atoms with Crippen LogP contribution in [0.15, 0.2) is 16.6 Å². The first kappa shape index (κ1) is 15.1. The fourth-order valence-electron chi connectivity index (χ4n) is 2.97. The summed E-state index contributed by atoms with van der Waals surface area (Å²) in [6, 6.07) is 4.18. The first-order valence-electron chi connectivity index (χ1n) is 7.71. The van der Waals surface area contributed by atoms with E-state index in [1.807, 2.05) is 0 Å². The third kappa shape index (κ3) is 3.35. The van der Waals surface area contributed by atoms with E-state index in [1.54, 1.807) is 0 Å². The normalized spacial score (nSPS) is 24.3. The molecule has 0 amide bonds. The average Bonchev–Trinajstić information content (AvgIpc) is 2.96. The highest BCUT2D eigenvalue weighted by Crippen LogP contribution is 2.43. The van der Waals surface area contributed by atoms with Gasteiger partial charge < -0.3 is 19.5 Å². The minimum atomic E-state index is 0.140. The van der Waals surface area contributed by atoms with Gasteiger partial charge in [0.2, 0.25) is 0 Å². The second-order valence-corrected chi connectivity index (χ2v) is 6.43. The highest BCUT2D eigenvalue weighted by Gasteiger charge is 2.31. The van der Waals surface area contributed by atoms with Crippen LogP contribution in [0.5, 0.6) is 11.5 Å². The van der Waals surface area contributed by atoms with Crippen molar-refractivity contribution in [2.75, 3.05) is 32.9 Å². The van der Waals surface area contributed by atoms with Gasteiger partial charge in [0.05, 0.1) is 10.6 Å². The second kappa shape index (κ2) is 6.99. The van der Waals surface area contributed by atoms with E-state index < -0.39 is 0 Å². The summed E-state index contributed by atoms with van der Waals surface area (Å²) < 4.78 is 18.3. The summed E-state index contributed by atoms with van der Waals surface area (Å²) in [5.74, 6) is 2.15. The molecule has 2 atom stereocenters. The molecule has 0 spiro atoms. The van der Waals surface area contributed by atoms with E-state index >= 15 is 0 Å². The Labute approximate surface area is 134 Å². The molecule has 2 unspecified atom stereocenters. The smallest absolute Gasteiger partial charge is 0.175 e. The van der Waals surface area contributed by atoms with E-state index in [4.69, 9.17) is 14.2 Å². The lowest BCUT2D eigenvalue weighted by atomic mass is 9.95. The molecule has 5 heteroatoms. The van der Waals surface area contributed by atoms with Gasteiger partial charge in [-0.15, -0.1) is 0 Å². The fraction of sp³-hybridized carbons (Fsp3) is 0.625. The first-order chi connectivity index (χ1) is 10.3. The zero-order chi connectivity index (χ0) is 14.7. The number of fused-ring (bicyclic) bond motifs is 1. The maximum absolute atomic E-state index is 5.97. The maximum atomic E-state index is 5.97. The standard InChI is InChI=1S/C16H22BrNO3/c1-2-4-18-10-11-3-5-20-15(11)12-8-13(17)16-14(9-12)19-6-7-21-16/h8-9,11,15,18H,2-7,10H2,1H3. The molecule has 0 aliphatic carbocycles. The van der Waals surface area contributed by atoms with Crippen molar-refractivity contribution < 1.29 is 14.2 Å². The van der Waals surface area contributed by atoms with Gasteiger partial charge in [-0.25, -0.2) is 0 Å². The molecule has 2 aliphatic heterocycles. The molecular formula is C16H22BrNO3. The molecule has 2 heterocycles. The van der Waals surface area contributed by atoms with Crippen LogP contribution in [0, 0.1) is 5.92 Å². The summed E-state index contributed by atoms with van der Waals surface area (Å²) in [5, 5.41) is 3.51. The van der Waals surface area contributed by atoms with Gasteiger partial charge in [-0.3, -0.25) is 0 Å². The Morgan fingerprint density at radius 2 is 2.10 bits per heavy atom. The third-order valence-electron chi connectivity index (χ3n) is 4.00. The number of rotatable bonds is 5. The topological polar surface area (TPSA) is 39.7 Å². The molecule has 1 aromatic rings. The molecule has 4 nitrogen and oxygen atoms in total. The molecule has 1 fully saturated rings. The van der Waals surface area contributed by atoms with Gasteiger partial charge in [0.15, 0.2) is 11.5 Å². The summed E-state index contributed by atoms with van der Waals surface area (Å²) in [7, 11) is 0. The molecule has 2 aliphatic rings. The maximum Gasteiger partial charge on any atom is 0.175 e. The van der Waals surface area contributed by atoms with Crippen molar-refractivity contribution in [3.8, 4) is 11.5 Å². The Kier molecular flexibility index (Phi) is 5.03. The van der Waals surface area contributed by atoms with E-state index in [1.165, 1.54) is 5.56 Å². The quantitative estimate of drug-likeness (QED) is 0.822. The zero-order valence-electron chi connectivity index (χ0n) is 12.4. The highest BCUT2D eigenvalue weighted by molar-refractivity contribution is 9.10. The molecule has 116 valence electrons.